The maximum absolute atomic E-state index is 12.2. The van der Waals surface area contributed by atoms with E-state index >= 15 is 0 Å². The number of ether oxygens (including phenoxy) is 1. The number of rotatable bonds is 3. The van der Waals surface area contributed by atoms with Crippen LogP contribution in [0.5, 0.6) is 0 Å². The molecule has 0 radical (unpaired) electrons. The van der Waals surface area contributed by atoms with Crippen LogP contribution < -0.4 is 10.6 Å². The Labute approximate surface area is 134 Å². The van der Waals surface area contributed by atoms with Gasteiger partial charge in [-0.2, -0.15) is 0 Å². The first-order chi connectivity index (χ1) is 10.7. The summed E-state index contributed by atoms with van der Waals surface area (Å²) < 4.78 is 4.89. The van der Waals surface area contributed by atoms with Crippen molar-refractivity contribution in [2.75, 3.05) is 12.4 Å². The summed E-state index contributed by atoms with van der Waals surface area (Å²) in [6, 6.07) is 0.0408. The van der Waals surface area contributed by atoms with E-state index in [1.807, 2.05) is 0 Å². The molecule has 120 valence electrons. The molecule has 0 aromatic carbocycles. The molecule has 5 nitrogen and oxygen atoms in total. The number of methoxy groups -OCH3 is 1. The van der Waals surface area contributed by atoms with Gasteiger partial charge >= 0.3 is 12.0 Å². The number of carbonyl (C=O) groups excluding carboxylic acids is 2. The molecule has 0 unspecified atom stereocenters. The van der Waals surface area contributed by atoms with Crippen molar-refractivity contribution in [3.63, 3.8) is 0 Å². The number of thiophene rings is 1. The summed E-state index contributed by atoms with van der Waals surface area (Å²) >= 11 is 1.51. The van der Waals surface area contributed by atoms with Gasteiger partial charge in [-0.05, 0) is 37.7 Å². The summed E-state index contributed by atoms with van der Waals surface area (Å²) in [7, 11) is 1.38. The minimum Gasteiger partial charge on any atom is -0.465 e. The molecule has 2 aliphatic carbocycles. The molecule has 0 saturated heterocycles. The first-order valence-electron chi connectivity index (χ1n) is 7.99. The largest absolute Gasteiger partial charge is 0.465 e. The lowest BCUT2D eigenvalue weighted by Crippen LogP contribution is -2.39. The Bertz CT molecular complexity index is 576. The van der Waals surface area contributed by atoms with Crippen LogP contribution in [0.25, 0.3) is 0 Å². The third-order valence-electron chi connectivity index (χ3n) is 4.48. The van der Waals surface area contributed by atoms with Crippen LogP contribution in [0.3, 0.4) is 0 Å². The van der Waals surface area contributed by atoms with Crippen molar-refractivity contribution in [1.82, 2.24) is 5.32 Å². The molecule has 2 aliphatic rings. The van der Waals surface area contributed by atoms with Crippen molar-refractivity contribution in [2.24, 2.45) is 0 Å². The summed E-state index contributed by atoms with van der Waals surface area (Å²) in [5.74, 6) is -0.354. The molecule has 0 aliphatic heterocycles. The van der Waals surface area contributed by atoms with E-state index in [-0.39, 0.29) is 18.0 Å². The fourth-order valence-electron chi connectivity index (χ4n) is 3.38. The fraction of sp³-hybridized carbons (Fsp3) is 0.625. The summed E-state index contributed by atoms with van der Waals surface area (Å²) in [4.78, 5) is 25.4. The van der Waals surface area contributed by atoms with E-state index in [1.54, 1.807) is 0 Å². The molecule has 1 saturated carbocycles. The average Bonchev–Trinajstić information content (AvgIpc) is 3.08. The number of urea groups is 1. The zero-order chi connectivity index (χ0) is 15.5. The van der Waals surface area contributed by atoms with Gasteiger partial charge in [0.1, 0.15) is 5.00 Å². The zero-order valence-electron chi connectivity index (χ0n) is 12.9. The van der Waals surface area contributed by atoms with Crippen molar-refractivity contribution in [3.05, 3.63) is 16.0 Å². The average molecular weight is 322 g/mol. The molecule has 1 heterocycles. The third-order valence-corrected chi connectivity index (χ3v) is 5.69. The van der Waals surface area contributed by atoms with Gasteiger partial charge < -0.3 is 10.1 Å². The van der Waals surface area contributed by atoms with E-state index in [1.165, 1.54) is 42.6 Å². The number of fused-ring (bicyclic) bond motifs is 1. The number of anilines is 1. The Morgan fingerprint density at radius 1 is 1.14 bits per heavy atom. The number of esters is 1. The molecule has 1 fully saturated rings. The van der Waals surface area contributed by atoms with E-state index in [2.05, 4.69) is 10.6 Å². The van der Waals surface area contributed by atoms with Crippen molar-refractivity contribution >= 4 is 28.3 Å². The Morgan fingerprint density at radius 2 is 1.91 bits per heavy atom. The van der Waals surface area contributed by atoms with E-state index in [0.29, 0.717) is 10.6 Å². The summed E-state index contributed by atoms with van der Waals surface area (Å²) in [6.07, 6.45) is 8.62. The highest BCUT2D eigenvalue weighted by Gasteiger charge is 2.28. The van der Waals surface area contributed by atoms with E-state index in [0.717, 1.165) is 37.7 Å². The zero-order valence-corrected chi connectivity index (χ0v) is 13.7. The number of hydrogen-bond acceptors (Lipinski definition) is 4. The van der Waals surface area contributed by atoms with Gasteiger partial charge in [0.15, 0.2) is 0 Å². The molecular formula is C16H22N2O3S. The summed E-state index contributed by atoms with van der Waals surface area (Å²) in [6.45, 7) is 0. The molecular weight excluding hydrogens is 300 g/mol. The molecule has 1 aromatic heterocycles. The van der Waals surface area contributed by atoms with Crippen LogP contribution in [-0.2, 0) is 17.6 Å². The highest BCUT2D eigenvalue weighted by Crippen LogP contribution is 2.39. The number of hydrogen-bond donors (Lipinski definition) is 2. The van der Waals surface area contributed by atoms with Gasteiger partial charge in [-0.3, -0.25) is 5.32 Å². The molecule has 0 spiro atoms. The first kappa shape index (κ1) is 15.3. The Morgan fingerprint density at radius 3 is 2.64 bits per heavy atom. The highest BCUT2D eigenvalue weighted by molar-refractivity contribution is 7.17. The second-order valence-electron chi connectivity index (χ2n) is 5.99. The fourth-order valence-corrected chi connectivity index (χ4v) is 4.65. The molecule has 6 heteroatoms. The van der Waals surface area contributed by atoms with Gasteiger partial charge in [-0.1, -0.05) is 19.3 Å². The minimum absolute atomic E-state index is 0.211. The molecule has 2 amide bonds. The van der Waals surface area contributed by atoms with Crippen molar-refractivity contribution in [1.29, 1.82) is 0 Å². The van der Waals surface area contributed by atoms with Gasteiger partial charge in [-0.25, -0.2) is 9.59 Å². The standard InChI is InChI=1S/C16H22N2O3S/c1-21-15(19)13-11-8-5-9-12(11)22-14(13)18-16(20)17-10-6-3-2-4-7-10/h10H,2-9H2,1H3,(H2,17,18,20). The number of amides is 2. The molecule has 0 atom stereocenters. The van der Waals surface area contributed by atoms with E-state index in [4.69, 9.17) is 4.74 Å². The van der Waals surface area contributed by atoms with Crippen LogP contribution >= 0.6 is 11.3 Å². The van der Waals surface area contributed by atoms with Gasteiger partial charge in [0.05, 0.1) is 12.7 Å². The maximum Gasteiger partial charge on any atom is 0.341 e. The van der Waals surface area contributed by atoms with Gasteiger partial charge in [0, 0.05) is 10.9 Å². The highest BCUT2D eigenvalue weighted by atomic mass is 32.1. The quantitative estimate of drug-likeness (QED) is 0.837. The maximum atomic E-state index is 12.2. The number of aryl methyl sites for hydroxylation is 1. The van der Waals surface area contributed by atoms with Crippen molar-refractivity contribution in [2.45, 2.75) is 57.4 Å². The van der Waals surface area contributed by atoms with Crippen LogP contribution in [0.15, 0.2) is 0 Å². The second kappa shape index (κ2) is 6.69. The second-order valence-corrected chi connectivity index (χ2v) is 7.09. The van der Waals surface area contributed by atoms with E-state index < -0.39 is 0 Å². The van der Waals surface area contributed by atoms with Crippen LogP contribution in [0, 0.1) is 0 Å². The predicted octanol–water partition coefficient (Wildman–Crippen LogP) is 3.48. The van der Waals surface area contributed by atoms with Gasteiger partial charge in [-0.15, -0.1) is 11.3 Å². The van der Waals surface area contributed by atoms with Crippen LogP contribution in [0.4, 0.5) is 9.80 Å². The number of nitrogens with one attached hydrogen (secondary N) is 2. The van der Waals surface area contributed by atoms with Crippen LogP contribution in [-0.4, -0.2) is 25.2 Å². The lowest BCUT2D eigenvalue weighted by atomic mass is 9.96. The summed E-state index contributed by atoms with van der Waals surface area (Å²) in [5, 5.41) is 6.52. The monoisotopic (exact) mass is 322 g/mol. The lowest BCUT2D eigenvalue weighted by molar-refractivity contribution is 0.0601. The van der Waals surface area contributed by atoms with Crippen LogP contribution in [0.2, 0.25) is 0 Å². The normalized spacial score (nSPS) is 17.9. The molecule has 1 aromatic rings. The van der Waals surface area contributed by atoms with E-state index in [9.17, 15) is 9.59 Å². The van der Waals surface area contributed by atoms with Gasteiger partial charge in [0.25, 0.3) is 0 Å². The Kier molecular flexibility index (Phi) is 4.66. The SMILES string of the molecule is COC(=O)c1c(NC(=O)NC2CCCCC2)sc2c1CCC2. The molecule has 0 bridgehead atoms. The van der Waals surface area contributed by atoms with Crippen LogP contribution in [0.1, 0.15) is 59.3 Å². The third kappa shape index (κ3) is 3.11. The molecule has 22 heavy (non-hydrogen) atoms. The predicted molar refractivity (Wildman–Crippen MR) is 86.7 cm³/mol. The van der Waals surface area contributed by atoms with Gasteiger partial charge in [0.2, 0.25) is 0 Å². The smallest absolute Gasteiger partial charge is 0.341 e. The Hall–Kier alpha value is -1.56. The minimum atomic E-state index is -0.354. The molecule has 2 N–H and O–H groups in total. The van der Waals surface area contributed by atoms with Crippen molar-refractivity contribution < 1.29 is 14.3 Å². The topological polar surface area (TPSA) is 67.4 Å². The number of carbonyl (C=O) groups is 2. The lowest BCUT2D eigenvalue weighted by Gasteiger charge is -2.22. The summed E-state index contributed by atoms with van der Waals surface area (Å²) in [5.41, 5.74) is 1.61. The Balaban J connectivity index is 1.71. The molecule has 3 rings (SSSR count). The van der Waals surface area contributed by atoms with Crippen molar-refractivity contribution in [3.8, 4) is 0 Å². The first-order valence-corrected chi connectivity index (χ1v) is 8.81.